The minimum Gasteiger partial charge on any atom is -0.306 e. The summed E-state index contributed by atoms with van der Waals surface area (Å²) < 4.78 is 26.1. The predicted octanol–water partition coefficient (Wildman–Crippen LogP) is 2.66. The number of carbonyl (C=O) groups excluding carboxylic acids is 1. The van der Waals surface area contributed by atoms with E-state index >= 15 is 0 Å². The number of hydrogen-bond donors (Lipinski definition) is 1. The Morgan fingerprint density at radius 2 is 2.00 bits per heavy atom. The zero-order valence-corrected chi connectivity index (χ0v) is 9.58. The summed E-state index contributed by atoms with van der Waals surface area (Å²) in [5.74, 6) is -3.26. The zero-order valence-electron chi connectivity index (χ0n) is 8.82. The number of pyridine rings is 2. The highest BCUT2D eigenvalue weighted by Gasteiger charge is 2.16. The molecule has 0 aromatic carbocycles. The molecule has 0 radical (unpaired) electrons. The van der Waals surface area contributed by atoms with Crippen LogP contribution in [0.3, 0.4) is 0 Å². The highest BCUT2D eigenvalue weighted by molar-refractivity contribution is 6.30. The molecule has 7 heteroatoms. The Labute approximate surface area is 106 Å². The smallest absolute Gasteiger partial charge is 0.260 e. The molecule has 0 unspecified atom stereocenters. The number of halogens is 3. The molecule has 0 atom stereocenters. The van der Waals surface area contributed by atoms with E-state index in [0.29, 0.717) is 5.02 Å². The monoisotopic (exact) mass is 269 g/mol. The van der Waals surface area contributed by atoms with Crippen molar-refractivity contribution in [2.45, 2.75) is 0 Å². The van der Waals surface area contributed by atoms with Crippen molar-refractivity contribution in [1.82, 2.24) is 9.97 Å². The minimum absolute atomic E-state index is 0.182. The molecule has 0 aliphatic heterocycles. The van der Waals surface area contributed by atoms with Crippen LogP contribution < -0.4 is 5.32 Å². The van der Waals surface area contributed by atoms with E-state index in [9.17, 15) is 13.6 Å². The Morgan fingerprint density at radius 3 is 2.67 bits per heavy atom. The lowest BCUT2D eigenvalue weighted by Crippen LogP contribution is -2.15. The normalized spacial score (nSPS) is 10.2. The summed E-state index contributed by atoms with van der Waals surface area (Å²) in [5, 5.41) is 2.71. The van der Waals surface area contributed by atoms with Crippen molar-refractivity contribution in [3.05, 3.63) is 52.9 Å². The van der Waals surface area contributed by atoms with E-state index in [0.717, 1.165) is 12.3 Å². The van der Waals surface area contributed by atoms with Crippen LogP contribution in [0.25, 0.3) is 0 Å². The first-order chi connectivity index (χ1) is 8.58. The summed E-state index contributed by atoms with van der Waals surface area (Å²) in [7, 11) is 0. The van der Waals surface area contributed by atoms with Crippen molar-refractivity contribution in [3.8, 4) is 0 Å². The van der Waals surface area contributed by atoms with Crippen molar-refractivity contribution in [2.75, 3.05) is 5.32 Å². The van der Waals surface area contributed by atoms with Gasteiger partial charge in [0.05, 0.1) is 10.6 Å². The number of nitrogens with zero attached hydrogens (tertiary/aromatic N) is 2. The van der Waals surface area contributed by atoms with Crippen LogP contribution >= 0.6 is 11.6 Å². The van der Waals surface area contributed by atoms with Gasteiger partial charge in [0.25, 0.3) is 5.91 Å². The van der Waals surface area contributed by atoms with Gasteiger partial charge in [0.2, 0.25) is 5.95 Å². The SMILES string of the molecule is O=C(Nc1ccc(Cl)cn1)c1ccnc(F)c1F. The average molecular weight is 270 g/mol. The molecule has 0 saturated carbocycles. The molecule has 0 saturated heterocycles. The van der Waals surface area contributed by atoms with Gasteiger partial charge in [0.15, 0.2) is 5.82 Å². The second-order valence-corrected chi connectivity index (χ2v) is 3.72. The first-order valence-electron chi connectivity index (χ1n) is 4.81. The van der Waals surface area contributed by atoms with Gasteiger partial charge in [0.1, 0.15) is 5.82 Å². The predicted molar refractivity (Wildman–Crippen MR) is 61.4 cm³/mol. The summed E-state index contributed by atoms with van der Waals surface area (Å²) in [6.07, 6.45) is 2.32. The third-order valence-corrected chi connectivity index (χ3v) is 2.28. The van der Waals surface area contributed by atoms with Gasteiger partial charge in [-0.3, -0.25) is 4.79 Å². The van der Waals surface area contributed by atoms with Crippen LogP contribution in [0.4, 0.5) is 14.6 Å². The van der Waals surface area contributed by atoms with Crippen LogP contribution in [0.1, 0.15) is 10.4 Å². The summed E-state index contributed by atoms with van der Waals surface area (Å²) >= 11 is 5.62. The van der Waals surface area contributed by atoms with Crippen LogP contribution in [0.15, 0.2) is 30.6 Å². The molecule has 0 aliphatic carbocycles. The Balaban J connectivity index is 2.22. The molecule has 18 heavy (non-hydrogen) atoms. The number of rotatable bonds is 2. The lowest BCUT2D eigenvalue weighted by molar-refractivity contribution is 0.102. The number of amides is 1. The number of hydrogen-bond acceptors (Lipinski definition) is 3. The summed E-state index contributed by atoms with van der Waals surface area (Å²) in [5.41, 5.74) is -0.445. The first kappa shape index (κ1) is 12.4. The molecule has 0 bridgehead atoms. The van der Waals surface area contributed by atoms with E-state index in [-0.39, 0.29) is 5.82 Å². The fraction of sp³-hybridized carbons (Fsp3) is 0. The molecule has 92 valence electrons. The highest BCUT2D eigenvalue weighted by atomic mass is 35.5. The highest BCUT2D eigenvalue weighted by Crippen LogP contribution is 2.13. The van der Waals surface area contributed by atoms with Gasteiger partial charge < -0.3 is 5.32 Å². The average Bonchev–Trinajstić information content (AvgIpc) is 2.35. The van der Waals surface area contributed by atoms with Crippen LogP contribution in [0.5, 0.6) is 0 Å². The maximum atomic E-state index is 13.3. The number of aromatic nitrogens is 2. The van der Waals surface area contributed by atoms with Gasteiger partial charge in [-0.25, -0.2) is 14.4 Å². The lowest BCUT2D eigenvalue weighted by atomic mass is 10.2. The third-order valence-electron chi connectivity index (χ3n) is 2.06. The fourth-order valence-corrected chi connectivity index (χ4v) is 1.34. The quantitative estimate of drug-likeness (QED) is 0.853. The maximum absolute atomic E-state index is 13.3. The maximum Gasteiger partial charge on any atom is 0.260 e. The van der Waals surface area contributed by atoms with Crippen LogP contribution in [0, 0.1) is 11.8 Å². The zero-order chi connectivity index (χ0) is 13.1. The van der Waals surface area contributed by atoms with Gasteiger partial charge >= 0.3 is 0 Å². The molecule has 2 aromatic heterocycles. The third kappa shape index (κ3) is 2.60. The van der Waals surface area contributed by atoms with E-state index in [1.165, 1.54) is 18.3 Å². The minimum atomic E-state index is -1.33. The molecule has 1 N–H and O–H groups in total. The van der Waals surface area contributed by atoms with E-state index < -0.39 is 23.2 Å². The summed E-state index contributed by atoms with van der Waals surface area (Å²) in [6.45, 7) is 0. The summed E-state index contributed by atoms with van der Waals surface area (Å²) in [4.78, 5) is 18.5. The molecule has 2 heterocycles. The number of nitrogens with one attached hydrogen (secondary N) is 1. The molecule has 2 rings (SSSR count). The molecule has 0 spiro atoms. The van der Waals surface area contributed by atoms with Crippen LogP contribution in [-0.4, -0.2) is 15.9 Å². The Morgan fingerprint density at radius 1 is 1.22 bits per heavy atom. The van der Waals surface area contributed by atoms with Crippen molar-refractivity contribution in [2.24, 2.45) is 0 Å². The molecular weight excluding hydrogens is 264 g/mol. The largest absolute Gasteiger partial charge is 0.306 e. The standard InChI is InChI=1S/C11H6ClF2N3O/c12-6-1-2-8(16-5-6)17-11(18)7-3-4-15-10(14)9(7)13/h1-5H,(H,16,17,18). The second-order valence-electron chi connectivity index (χ2n) is 3.28. The van der Waals surface area contributed by atoms with Gasteiger partial charge in [-0.05, 0) is 18.2 Å². The molecular formula is C11H6ClF2N3O. The topological polar surface area (TPSA) is 54.9 Å². The van der Waals surface area contributed by atoms with Gasteiger partial charge in [0, 0.05) is 12.4 Å². The van der Waals surface area contributed by atoms with Crippen molar-refractivity contribution in [1.29, 1.82) is 0 Å². The van der Waals surface area contributed by atoms with Crippen LogP contribution in [-0.2, 0) is 0 Å². The molecule has 4 nitrogen and oxygen atoms in total. The lowest BCUT2D eigenvalue weighted by Gasteiger charge is -2.05. The van der Waals surface area contributed by atoms with E-state index in [1.807, 2.05) is 0 Å². The van der Waals surface area contributed by atoms with Crippen molar-refractivity contribution >= 4 is 23.3 Å². The molecule has 0 aliphatic rings. The Bertz CT molecular complexity index is 589. The number of carbonyl (C=O) groups is 1. The summed E-state index contributed by atoms with van der Waals surface area (Å²) in [6, 6.07) is 4.02. The fourth-order valence-electron chi connectivity index (χ4n) is 1.23. The van der Waals surface area contributed by atoms with Gasteiger partial charge in [-0.15, -0.1) is 0 Å². The van der Waals surface area contributed by atoms with E-state index in [1.54, 1.807) is 0 Å². The first-order valence-corrected chi connectivity index (χ1v) is 5.18. The Hall–Kier alpha value is -2.08. The van der Waals surface area contributed by atoms with Gasteiger partial charge in [-0.1, -0.05) is 11.6 Å². The number of anilines is 1. The molecule has 2 aromatic rings. The molecule has 0 fully saturated rings. The molecule has 1 amide bonds. The van der Waals surface area contributed by atoms with Crippen LogP contribution in [0.2, 0.25) is 5.02 Å². The van der Waals surface area contributed by atoms with E-state index in [2.05, 4.69) is 15.3 Å². The van der Waals surface area contributed by atoms with Gasteiger partial charge in [-0.2, -0.15) is 4.39 Å². The van der Waals surface area contributed by atoms with E-state index in [4.69, 9.17) is 11.6 Å². The van der Waals surface area contributed by atoms with Crippen molar-refractivity contribution in [3.63, 3.8) is 0 Å². The Kier molecular flexibility index (Phi) is 3.47. The second kappa shape index (κ2) is 5.05. The van der Waals surface area contributed by atoms with Crippen molar-refractivity contribution < 1.29 is 13.6 Å².